The summed E-state index contributed by atoms with van der Waals surface area (Å²) in [5.41, 5.74) is 4.08. The van der Waals surface area contributed by atoms with Crippen LogP contribution in [0.25, 0.3) is 23.0 Å². The first-order chi connectivity index (χ1) is 13.2. The molecule has 0 spiro atoms. The van der Waals surface area contributed by atoms with Crippen molar-refractivity contribution in [1.82, 2.24) is 30.2 Å². The van der Waals surface area contributed by atoms with E-state index in [0.717, 1.165) is 10.6 Å². The van der Waals surface area contributed by atoms with Gasteiger partial charge in [-0.3, -0.25) is 9.78 Å². The molecular weight excluding hydrogens is 364 g/mol. The number of nitrogens with one attached hydrogen (secondary N) is 1. The Balaban J connectivity index is 1.68. The SMILES string of the molecule is Cc1scnc1CNC(=O)c1ncc(-c2ncco2)nc1-c1ccccn1. The third kappa shape index (κ3) is 3.58. The molecule has 134 valence electrons. The average Bonchev–Trinajstić information content (AvgIpc) is 3.38. The highest BCUT2D eigenvalue weighted by molar-refractivity contribution is 7.09. The van der Waals surface area contributed by atoms with Crippen LogP contribution in [0.3, 0.4) is 0 Å². The largest absolute Gasteiger partial charge is 0.443 e. The highest BCUT2D eigenvalue weighted by atomic mass is 32.1. The first kappa shape index (κ1) is 17.0. The van der Waals surface area contributed by atoms with Crippen LogP contribution in [0.5, 0.6) is 0 Å². The maximum atomic E-state index is 12.7. The van der Waals surface area contributed by atoms with Gasteiger partial charge in [0.15, 0.2) is 5.69 Å². The number of nitrogens with zero attached hydrogens (tertiary/aromatic N) is 5. The van der Waals surface area contributed by atoms with Crippen molar-refractivity contribution >= 4 is 17.2 Å². The molecule has 0 radical (unpaired) electrons. The predicted molar refractivity (Wildman–Crippen MR) is 98.8 cm³/mol. The van der Waals surface area contributed by atoms with Crippen molar-refractivity contribution in [1.29, 1.82) is 0 Å². The van der Waals surface area contributed by atoms with E-state index in [9.17, 15) is 4.79 Å². The molecule has 1 amide bonds. The van der Waals surface area contributed by atoms with Crippen LogP contribution >= 0.6 is 11.3 Å². The number of aryl methyl sites for hydroxylation is 1. The maximum Gasteiger partial charge on any atom is 0.272 e. The summed E-state index contributed by atoms with van der Waals surface area (Å²) in [6, 6.07) is 5.38. The van der Waals surface area contributed by atoms with Crippen molar-refractivity contribution in [2.75, 3.05) is 0 Å². The first-order valence-electron chi connectivity index (χ1n) is 8.08. The van der Waals surface area contributed by atoms with E-state index in [4.69, 9.17) is 4.42 Å². The molecule has 0 fully saturated rings. The summed E-state index contributed by atoms with van der Waals surface area (Å²) in [4.78, 5) is 35.2. The molecule has 0 aromatic carbocycles. The molecule has 4 rings (SSSR count). The Bertz CT molecular complexity index is 1060. The zero-order valence-electron chi connectivity index (χ0n) is 14.3. The van der Waals surface area contributed by atoms with Crippen molar-refractivity contribution < 1.29 is 9.21 Å². The smallest absolute Gasteiger partial charge is 0.272 e. The minimum Gasteiger partial charge on any atom is -0.443 e. The van der Waals surface area contributed by atoms with E-state index in [-0.39, 0.29) is 11.6 Å². The highest BCUT2D eigenvalue weighted by Gasteiger charge is 2.20. The van der Waals surface area contributed by atoms with Crippen molar-refractivity contribution in [2.24, 2.45) is 0 Å². The van der Waals surface area contributed by atoms with E-state index in [1.54, 1.807) is 23.8 Å². The summed E-state index contributed by atoms with van der Waals surface area (Å²) in [6.07, 6.45) is 6.07. The summed E-state index contributed by atoms with van der Waals surface area (Å²) in [5, 5.41) is 2.84. The fourth-order valence-corrected chi connectivity index (χ4v) is 3.03. The zero-order valence-corrected chi connectivity index (χ0v) is 15.1. The molecule has 0 aliphatic rings. The Kier molecular flexibility index (Phi) is 4.67. The van der Waals surface area contributed by atoms with Gasteiger partial charge < -0.3 is 9.73 Å². The van der Waals surface area contributed by atoms with Gasteiger partial charge in [0.2, 0.25) is 5.89 Å². The lowest BCUT2D eigenvalue weighted by atomic mass is 10.2. The van der Waals surface area contributed by atoms with Gasteiger partial charge in [-0.2, -0.15) is 0 Å². The van der Waals surface area contributed by atoms with Crippen molar-refractivity contribution in [2.45, 2.75) is 13.5 Å². The topological polar surface area (TPSA) is 107 Å². The first-order valence-corrected chi connectivity index (χ1v) is 8.96. The molecule has 27 heavy (non-hydrogen) atoms. The Morgan fingerprint density at radius 2 is 2.07 bits per heavy atom. The van der Waals surface area contributed by atoms with Gasteiger partial charge in [0.1, 0.15) is 17.7 Å². The van der Waals surface area contributed by atoms with Gasteiger partial charge >= 0.3 is 0 Å². The van der Waals surface area contributed by atoms with E-state index in [0.29, 0.717) is 29.5 Å². The molecule has 4 aromatic rings. The Morgan fingerprint density at radius 3 is 2.78 bits per heavy atom. The number of rotatable bonds is 5. The highest BCUT2D eigenvalue weighted by Crippen LogP contribution is 2.22. The molecule has 0 bridgehead atoms. The Hall–Kier alpha value is -3.46. The van der Waals surface area contributed by atoms with Gasteiger partial charge in [-0.25, -0.2) is 19.9 Å². The maximum absolute atomic E-state index is 12.7. The van der Waals surface area contributed by atoms with Crippen LogP contribution in [0.4, 0.5) is 0 Å². The van der Waals surface area contributed by atoms with Crippen molar-refractivity contribution in [3.05, 3.63) is 64.8 Å². The summed E-state index contributed by atoms with van der Waals surface area (Å²) >= 11 is 1.53. The second-order valence-corrected chi connectivity index (χ2v) is 6.60. The van der Waals surface area contributed by atoms with Crippen LogP contribution in [-0.2, 0) is 6.54 Å². The molecule has 0 atom stereocenters. The van der Waals surface area contributed by atoms with Gasteiger partial charge in [-0.05, 0) is 19.1 Å². The van der Waals surface area contributed by atoms with Gasteiger partial charge in [-0.1, -0.05) is 6.07 Å². The van der Waals surface area contributed by atoms with Crippen LogP contribution in [0.2, 0.25) is 0 Å². The molecular formula is C18H14N6O2S. The number of thiazole rings is 1. The van der Waals surface area contributed by atoms with E-state index in [1.807, 2.05) is 13.0 Å². The van der Waals surface area contributed by atoms with E-state index < -0.39 is 0 Å². The summed E-state index contributed by atoms with van der Waals surface area (Å²) < 4.78 is 5.28. The number of carbonyl (C=O) groups excluding carboxylic acids is 1. The molecule has 0 unspecified atom stereocenters. The van der Waals surface area contributed by atoms with Gasteiger partial charge in [0, 0.05) is 11.1 Å². The number of amides is 1. The van der Waals surface area contributed by atoms with Crippen LogP contribution < -0.4 is 5.32 Å². The van der Waals surface area contributed by atoms with Crippen LogP contribution in [0, 0.1) is 6.92 Å². The molecule has 9 heteroatoms. The lowest BCUT2D eigenvalue weighted by Gasteiger charge is -2.09. The number of hydrogen-bond donors (Lipinski definition) is 1. The van der Waals surface area contributed by atoms with Gasteiger partial charge in [0.25, 0.3) is 5.91 Å². The number of pyridine rings is 1. The number of hydrogen-bond acceptors (Lipinski definition) is 8. The van der Waals surface area contributed by atoms with Crippen molar-refractivity contribution in [3.63, 3.8) is 0 Å². The van der Waals surface area contributed by atoms with Crippen LogP contribution in [0.1, 0.15) is 21.1 Å². The minimum absolute atomic E-state index is 0.178. The van der Waals surface area contributed by atoms with E-state index in [2.05, 4.69) is 30.2 Å². The third-order valence-electron chi connectivity index (χ3n) is 3.81. The van der Waals surface area contributed by atoms with Gasteiger partial charge in [0.05, 0.1) is 35.8 Å². The lowest BCUT2D eigenvalue weighted by molar-refractivity contribution is 0.0946. The summed E-state index contributed by atoms with van der Waals surface area (Å²) in [7, 11) is 0. The third-order valence-corrected chi connectivity index (χ3v) is 4.61. The molecule has 1 N–H and O–H groups in total. The van der Waals surface area contributed by atoms with Crippen LogP contribution in [-0.4, -0.2) is 30.8 Å². The predicted octanol–water partition coefficient (Wildman–Crippen LogP) is 2.89. The standard InChI is InChI=1S/C18H14N6O2S/c1-11-13(23-10-27-11)8-22-17(25)16-15(12-4-2-3-5-19-12)24-14(9-21-16)18-20-6-7-26-18/h2-7,9-10H,8H2,1H3,(H,22,25). The number of oxazole rings is 1. The molecule has 0 saturated heterocycles. The monoisotopic (exact) mass is 378 g/mol. The quantitative estimate of drug-likeness (QED) is 0.569. The Labute approximate surface area is 158 Å². The second-order valence-electron chi connectivity index (χ2n) is 5.54. The molecule has 8 nitrogen and oxygen atoms in total. The minimum atomic E-state index is -0.352. The van der Waals surface area contributed by atoms with Crippen molar-refractivity contribution in [3.8, 4) is 23.0 Å². The average molecular weight is 378 g/mol. The normalized spacial score (nSPS) is 10.7. The zero-order chi connectivity index (χ0) is 18.6. The van der Waals surface area contributed by atoms with E-state index >= 15 is 0 Å². The molecule has 4 aromatic heterocycles. The second kappa shape index (κ2) is 7.42. The fourth-order valence-electron chi connectivity index (χ4n) is 2.44. The number of carbonyl (C=O) groups is 1. The number of aromatic nitrogens is 5. The summed E-state index contributed by atoms with van der Waals surface area (Å²) in [5.74, 6) is -0.0285. The van der Waals surface area contributed by atoms with Crippen LogP contribution in [0.15, 0.2) is 53.0 Å². The molecule has 4 heterocycles. The lowest BCUT2D eigenvalue weighted by Crippen LogP contribution is -2.25. The van der Waals surface area contributed by atoms with E-state index in [1.165, 1.54) is 30.0 Å². The summed E-state index contributed by atoms with van der Waals surface area (Å²) in [6.45, 7) is 2.28. The fraction of sp³-hybridized carbons (Fsp3) is 0.111. The molecule has 0 saturated carbocycles. The molecule has 0 aliphatic heterocycles. The molecule has 0 aliphatic carbocycles. The Morgan fingerprint density at radius 1 is 1.15 bits per heavy atom. The van der Waals surface area contributed by atoms with Gasteiger partial charge in [-0.15, -0.1) is 11.3 Å².